The molecule has 0 saturated heterocycles. The zero-order chi connectivity index (χ0) is 13.7. The van der Waals surface area contributed by atoms with Crippen LogP contribution >= 0.6 is 11.3 Å². The van der Waals surface area contributed by atoms with E-state index in [4.69, 9.17) is 9.84 Å². The van der Waals surface area contributed by atoms with E-state index in [2.05, 4.69) is 5.32 Å². The fraction of sp³-hybridized carbons (Fsp3) is 0.500. The Kier molecular flexibility index (Phi) is 5.15. The van der Waals surface area contributed by atoms with Gasteiger partial charge in [0.15, 0.2) is 0 Å². The van der Waals surface area contributed by atoms with Gasteiger partial charge in [-0.05, 0) is 5.92 Å². The summed E-state index contributed by atoms with van der Waals surface area (Å²) in [6, 6.07) is 0.728. The summed E-state index contributed by atoms with van der Waals surface area (Å²) in [6.07, 6.45) is 0.686. The third-order valence-corrected chi connectivity index (χ3v) is 3.71. The first-order valence-electron chi connectivity index (χ1n) is 5.65. The van der Waals surface area contributed by atoms with E-state index < -0.39 is 12.0 Å². The van der Waals surface area contributed by atoms with Crippen molar-refractivity contribution in [1.82, 2.24) is 5.32 Å². The second-order valence-corrected chi connectivity index (χ2v) is 4.94. The molecule has 2 atom stereocenters. The smallest absolute Gasteiger partial charge is 0.326 e. The summed E-state index contributed by atoms with van der Waals surface area (Å²) in [5, 5.41) is 13.3. The number of ether oxygens (including phenoxy) is 1. The van der Waals surface area contributed by atoms with Crippen molar-refractivity contribution in [1.29, 1.82) is 0 Å². The number of thiophene rings is 1. The number of nitrogens with one attached hydrogen (secondary N) is 1. The fourth-order valence-electron chi connectivity index (χ4n) is 1.44. The molecule has 1 aromatic rings. The van der Waals surface area contributed by atoms with Gasteiger partial charge in [0, 0.05) is 11.4 Å². The normalized spacial score (nSPS) is 13.7. The Labute approximate surface area is 110 Å². The number of amides is 1. The molecule has 0 spiro atoms. The predicted octanol–water partition coefficient (Wildman–Crippen LogP) is 1.99. The van der Waals surface area contributed by atoms with Crippen molar-refractivity contribution in [2.75, 3.05) is 7.11 Å². The maximum Gasteiger partial charge on any atom is 0.326 e. The molecule has 1 unspecified atom stereocenters. The Morgan fingerprint density at radius 3 is 2.67 bits per heavy atom. The van der Waals surface area contributed by atoms with Crippen molar-refractivity contribution in [3.63, 3.8) is 0 Å². The van der Waals surface area contributed by atoms with Gasteiger partial charge < -0.3 is 15.2 Å². The standard InChI is InChI=1S/C12H17NO4S/c1-4-7(2)10(12(15)16)13-11(14)9-5-8(17-3)6-18-9/h5-7,10H,4H2,1-3H3,(H,13,14)(H,15,16)/t7?,10-/m0/s1. The van der Waals surface area contributed by atoms with Gasteiger partial charge in [-0.1, -0.05) is 20.3 Å². The van der Waals surface area contributed by atoms with E-state index in [1.807, 2.05) is 6.92 Å². The minimum absolute atomic E-state index is 0.117. The van der Waals surface area contributed by atoms with Gasteiger partial charge in [-0.15, -0.1) is 11.3 Å². The highest BCUT2D eigenvalue weighted by Gasteiger charge is 2.26. The minimum Gasteiger partial charge on any atom is -0.496 e. The summed E-state index contributed by atoms with van der Waals surface area (Å²) in [6.45, 7) is 3.69. The second-order valence-electron chi connectivity index (χ2n) is 4.03. The molecule has 0 aromatic carbocycles. The summed E-state index contributed by atoms with van der Waals surface area (Å²) < 4.78 is 4.98. The molecule has 0 aliphatic heterocycles. The third-order valence-electron chi connectivity index (χ3n) is 2.80. The number of carboxylic acids is 1. The van der Waals surface area contributed by atoms with Crippen LogP contribution in [-0.4, -0.2) is 30.1 Å². The fourth-order valence-corrected chi connectivity index (χ4v) is 2.20. The first-order valence-corrected chi connectivity index (χ1v) is 6.53. The van der Waals surface area contributed by atoms with Crippen LogP contribution in [0.3, 0.4) is 0 Å². The molecule has 5 nitrogen and oxygen atoms in total. The average Bonchev–Trinajstić information content (AvgIpc) is 2.83. The molecule has 1 aromatic heterocycles. The lowest BCUT2D eigenvalue weighted by Gasteiger charge is -2.19. The summed E-state index contributed by atoms with van der Waals surface area (Å²) in [7, 11) is 1.52. The number of carboxylic acid groups (broad SMARTS) is 1. The molecule has 1 amide bonds. The van der Waals surface area contributed by atoms with E-state index in [9.17, 15) is 9.59 Å². The Hall–Kier alpha value is -1.56. The van der Waals surface area contributed by atoms with Crippen LogP contribution in [0, 0.1) is 5.92 Å². The molecule has 0 fully saturated rings. The molecule has 0 saturated carbocycles. The monoisotopic (exact) mass is 271 g/mol. The summed E-state index contributed by atoms with van der Waals surface area (Å²) in [4.78, 5) is 23.4. The SMILES string of the molecule is CCC(C)[C@H](NC(=O)c1cc(OC)cs1)C(=O)O. The van der Waals surface area contributed by atoms with Crippen LogP contribution in [0.25, 0.3) is 0 Å². The minimum atomic E-state index is -1.01. The highest BCUT2D eigenvalue weighted by molar-refractivity contribution is 7.12. The van der Waals surface area contributed by atoms with Crippen molar-refractivity contribution < 1.29 is 19.4 Å². The summed E-state index contributed by atoms with van der Waals surface area (Å²) >= 11 is 1.23. The average molecular weight is 271 g/mol. The highest BCUT2D eigenvalue weighted by Crippen LogP contribution is 2.21. The maximum absolute atomic E-state index is 11.9. The molecular formula is C12H17NO4S. The molecular weight excluding hydrogens is 254 g/mol. The maximum atomic E-state index is 11.9. The van der Waals surface area contributed by atoms with Crippen LogP contribution in [0.2, 0.25) is 0 Å². The zero-order valence-corrected chi connectivity index (χ0v) is 11.4. The van der Waals surface area contributed by atoms with E-state index in [0.29, 0.717) is 17.0 Å². The predicted molar refractivity (Wildman–Crippen MR) is 69.2 cm³/mol. The second kappa shape index (κ2) is 6.39. The van der Waals surface area contributed by atoms with Crippen molar-refractivity contribution >= 4 is 23.2 Å². The molecule has 100 valence electrons. The van der Waals surface area contributed by atoms with Crippen molar-refractivity contribution in [3.05, 3.63) is 16.3 Å². The molecule has 0 aliphatic rings. The number of hydrogen-bond acceptors (Lipinski definition) is 4. The molecule has 1 rings (SSSR count). The van der Waals surface area contributed by atoms with Gasteiger partial charge in [0.25, 0.3) is 5.91 Å². The lowest BCUT2D eigenvalue weighted by molar-refractivity contribution is -0.140. The first-order chi connectivity index (χ1) is 8.49. The van der Waals surface area contributed by atoms with Gasteiger partial charge in [0.1, 0.15) is 11.8 Å². The lowest BCUT2D eigenvalue weighted by Crippen LogP contribution is -2.44. The lowest BCUT2D eigenvalue weighted by atomic mass is 9.99. The van der Waals surface area contributed by atoms with Crippen LogP contribution in [0.4, 0.5) is 0 Å². The Balaban J connectivity index is 2.75. The van der Waals surface area contributed by atoms with E-state index >= 15 is 0 Å². The Morgan fingerprint density at radius 1 is 1.56 bits per heavy atom. The van der Waals surface area contributed by atoms with Crippen molar-refractivity contribution in [3.8, 4) is 5.75 Å². The quantitative estimate of drug-likeness (QED) is 0.829. The van der Waals surface area contributed by atoms with Crippen LogP contribution in [-0.2, 0) is 4.79 Å². The number of aliphatic carboxylic acids is 1. The van der Waals surface area contributed by atoms with Gasteiger partial charge >= 0.3 is 5.97 Å². The molecule has 0 aliphatic carbocycles. The van der Waals surface area contributed by atoms with Gasteiger partial charge in [-0.25, -0.2) is 4.79 Å². The van der Waals surface area contributed by atoms with Gasteiger partial charge in [0.05, 0.1) is 12.0 Å². The van der Waals surface area contributed by atoms with Crippen LogP contribution in [0.1, 0.15) is 29.9 Å². The summed E-state index contributed by atoms with van der Waals surface area (Å²) in [5.41, 5.74) is 0. The van der Waals surface area contributed by atoms with E-state index in [-0.39, 0.29) is 11.8 Å². The number of methoxy groups -OCH3 is 1. The van der Waals surface area contributed by atoms with Crippen molar-refractivity contribution in [2.45, 2.75) is 26.3 Å². The largest absolute Gasteiger partial charge is 0.496 e. The van der Waals surface area contributed by atoms with E-state index in [0.717, 1.165) is 0 Å². The van der Waals surface area contributed by atoms with Crippen molar-refractivity contribution in [2.24, 2.45) is 5.92 Å². The molecule has 2 N–H and O–H groups in total. The first kappa shape index (κ1) is 14.5. The van der Waals surface area contributed by atoms with Crippen LogP contribution < -0.4 is 10.1 Å². The topological polar surface area (TPSA) is 75.6 Å². The molecule has 18 heavy (non-hydrogen) atoms. The number of carbonyl (C=O) groups excluding carboxylic acids is 1. The number of carbonyl (C=O) groups is 2. The number of rotatable bonds is 6. The molecule has 0 radical (unpaired) electrons. The van der Waals surface area contributed by atoms with Crippen LogP contribution in [0.15, 0.2) is 11.4 Å². The molecule has 0 bridgehead atoms. The van der Waals surface area contributed by atoms with Gasteiger partial charge in [-0.2, -0.15) is 0 Å². The Bertz CT molecular complexity index is 429. The Morgan fingerprint density at radius 2 is 2.22 bits per heavy atom. The zero-order valence-electron chi connectivity index (χ0n) is 10.6. The summed E-state index contributed by atoms with van der Waals surface area (Å²) in [5.74, 6) is -0.911. The number of hydrogen-bond donors (Lipinski definition) is 2. The van der Waals surface area contributed by atoms with Crippen LogP contribution in [0.5, 0.6) is 5.75 Å². The molecule has 6 heteroatoms. The van der Waals surface area contributed by atoms with E-state index in [1.54, 1.807) is 18.4 Å². The third kappa shape index (κ3) is 3.46. The molecule has 1 heterocycles. The van der Waals surface area contributed by atoms with Gasteiger partial charge in [-0.3, -0.25) is 4.79 Å². The van der Waals surface area contributed by atoms with E-state index in [1.165, 1.54) is 18.4 Å². The van der Waals surface area contributed by atoms with Gasteiger partial charge in [0.2, 0.25) is 0 Å². The highest BCUT2D eigenvalue weighted by atomic mass is 32.1.